The minimum Gasteiger partial charge on any atom is -0.394 e. The second-order valence-corrected chi connectivity index (χ2v) is 8.67. The van der Waals surface area contributed by atoms with Gasteiger partial charge in [0.05, 0.1) is 36.1 Å². The quantitative estimate of drug-likeness (QED) is 0.590. The van der Waals surface area contributed by atoms with Crippen LogP contribution in [0.2, 0.25) is 0 Å². The molecule has 0 aliphatic carbocycles. The average molecular weight is 456 g/mol. The second kappa shape index (κ2) is 9.19. The predicted molar refractivity (Wildman–Crippen MR) is 119 cm³/mol. The van der Waals surface area contributed by atoms with Crippen LogP contribution < -0.4 is 5.32 Å². The van der Waals surface area contributed by atoms with Gasteiger partial charge in [-0.3, -0.25) is 14.3 Å². The third kappa shape index (κ3) is 4.43. The van der Waals surface area contributed by atoms with E-state index in [1.165, 1.54) is 16.0 Å². The first kappa shape index (κ1) is 22.1. The number of aliphatic hydroxyl groups excluding tert-OH is 1. The SMILES string of the molecule is Cc1cc(C(=O)Nc2ccc([C@H]3OCC(=O)N(Cc4scnc4C)[C@@H]3CO)cc2)n(C)n1. The van der Waals surface area contributed by atoms with Gasteiger partial charge in [0.25, 0.3) is 5.91 Å². The fraction of sp³-hybridized carbons (Fsp3) is 0.364. The number of thiazole rings is 1. The fourth-order valence-corrected chi connectivity index (χ4v) is 4.60. The van der Waals surface area contributed by atoms with Crippen LogP contribution in [-0.4, -0.2) is 55.8 Å². The van der Waals surface area contributed by atoms with Crippen molar-refractivity contribution in [3.63, 3.8) is 0 Å². The summed E-state index contributed by atoms with van der Waals surface area (Å²) in [7, 11) is 1.72. The van der Waals surface area contributed by atoms with Crippen molar-refractivity contribution in [2.75, 3.05) is 18.5 Å². The first-order valence-electron chi connectivity index (χ1n) is 10.2. The van der Waals surface area contributed by atoms with Gasteiger partial charge in [0, 0.05) is 17.6 Å². The number of aryl methyl sites for hydroxylation is 3. The molecule has 1 fully saturated rings. The molecule has 2 N–H and O–H groups in total. The molecule has 0 radical (unpaired) electrons. The Bertz CT molecular complexity index is 1120. The van der Waals surface area contributed by atoms with Crippen molar-refractivity contribution in [2.45, 2.75) is 32.5 Å². The van der Waals surface area contributed by atoms with Gasteiger partial charge in [-0.05, 0) is 37.6 Å². The number of carbonyl (C=O) groups excluding carboxylic acids is 2. The van der Waals surface area contributed by atoms with Gasteiger partial charge in [0.15, 0.2) is 0 Å². The van der Waals surface area contributed by atoms with Gasteiger partial charge in [0.2, 0.25) is 5.91 Å². The summed E-state index contributed by atoms with van der Waals surface area (Å²) >= 11 is 1.49. The molecule has 2 amide bonds. The molecule has 0 spiro atoms. The number of carbonyl (C=O) groups is 2. The highest BCUT2D eigenvalue weighted by atomic mass is 32.1. The third-order valence-electron chi connectivity index (χ3n) is 5.53. The Morgan fingerprint density at radius 2 is 2.06 bits per heavy atom. The van der Waals surface area contributed by atoms with E-state index < -0.39 is 12.1 Å². The van der Waals surface area contributed by atoms with Gasteiger partial charge >= 0.3 is 0 Å². The molecule has 9 nitrogen and oxygen atoms in total. The summed E-state index contributed by atoms with van der Waals surface area (Å²) in [4.78, 5) is 31.9. The molecule has 1 aliphatic heterocycles. The van der Waals surface area contributed by atoms with Gasteiger partial charge in [-0.25, -0.2) is 4.98 Å². The molecule has 3 heterocycles. The first-order valence-corrected chi connectivity index (χ1v) is 11.1. The zero-order valence-electron chi connectivity index (χ0n) is 18.1. The van der Waals surface area contributed by atoms with Gasteiger partial charge in [0.1, 0.15) is 18.4 Å². The molecular formula is C22H25N5O4S. The number of nitrogens with zero attached hydrogens (tertiary/aromatic N) is 4. The van der Waals surface area contributed by atoms with E-state index in [9.17, 15) is 14.7 Å². The van der Waals surface area contributed by atoms with Crippen LogP contribution in [0.3, 0.4) is 0 Å². The van der Waals surface area contributed by atoms with Crippen LogP contribution in [0.25, 0.3) is 0 Å². The smallest absolute Gasteiger partial charge is 0.273 e. The van der Waals surface area contributed by atoms with E-state index in [1.807, 2.05) is 26.0 Å². The Labute approximate surface area is 189 Å². The van der Waals surface area contributed by atoms with Gasteiger partial charge < -0.3 is 20.1 Å². The number of benzene rings is 1. The molecule has 0 saturated carbocycles. The van der Waals surface area contributed by atoms with E-state index >= 15 is 0 Å². The molecule has 1 aliphatic rings. The largest absolute Gasteiger partial charge is 0.394 e. The lowest BCUT2D eigenvalue weighted by Gasteiger charge is -2.40. The molecule has 1 saturated heterocycles. The van der Waals surface area contributed by atoms with Crippen LogP contribution in [0.5, 0.6) is 0 Å². The number of morpholine rings is 1. The van der Waals surface area contributed by atoms with Crippen LogP contribution in [0, 0.1) is 13.8 Å². The van der Waals surface area contributed by atoms with Crippen molar-refractivity contribution in [1.82, 2.24) is 19.7 Å². The van der Waals surface area contributed by atoms with E-state index in [0.29, 0.717) is 17.9 Å². The van der Waals surface area contributed by atoms with E-state index in [0.717, 1.165) is 21.8 Å². The van der Waals surface area contributed by atoms with Crippen LogP contribution in [0.4, 0.5) is 5.69 Å². The molecule has 2 aromatic heterocycles. The number of rotatable bonds is 6. The number of hydrogen-bond donors (Lipinski definition) is 2. The summed E-state index contributed by atoms with van der Waals surface area (Å²) in [5, 5.41) is 17.1. The normalized spacial score (nSPS) is 18.8. The van der Waals surface area contributed by atoms with Crippen LogP contribution in [0.15, 0.2) is 35.8 Å². The fourth-order valence-electron chi connectivity index (χ4n) is 3.83. The van der Waals surface area contributed by atoms with Crippen molar-refractivity contribution >= 4 is 28.8 Å². The van der Waals surface area contributed by atoms with Crippen molar-refractivity contribution in [3.8, 4) is 0 Å². The Kier molecular flexibility index (Phi) is 6.35. The average Bonchev–Trinajstić information content (AvgIpc) is 3.33. The number of ether oxygens (including phenoxy) is 1. The number of nitrogens with one attached hydrogen (secondary N) is 1. The summed E-state index contributed by atoms with van der Waals surface area (Å²) in [6, 6.07) is 8.44. The van der Waals surface area contributed by atoms with Crippen LogP contribution in [0.1, 0.15) is 38.4 Å². The third-order valence-corrected chi connectivity index (χ3v) is 6.45. The topological polar surface area (TPSA) is 110 Å². The summed E-state index contributed by atoms with van der Waals surface area (Å²) in [5.74, 6) is -0.414. The second-order valence-electron chi connectivity index (χ2n) is 7.73. The molecule has 1 aromatic carbocycles. The lowest BCUT2D eigenvalue weighted by molar-refractivity contribution is -0.161. The molecule has 0 bridgehead atoms. The molecule has 0 unspecified atom stereocenters. The number of aromatic nitrogens is 3. The Hall–Kier alpha value is -3.08. The number of anilines is 1. The lowest BCUT2D eigenvalue weighted by Crippen LogP contribution is -2.52. The van der Waals surface area contributed by atoms with Crippen LogP contribution >= 0.6 is 11.3 Å². The number of aliphatic hydroxyl groups is 1. The minimum absolute atomic E-state index is 0.0582. The highest BCUT2D eigenvalue weighted by molar-refractivity contribution is 7.09. The summed E-state index contributed by atoms with van der Waals surface area (Å²) < 4.78 is 7.34. The molecule has 32 heavy (non-hydrogen) atoms. The summed E-state index contributed by atoms with van der Waals surface area (Å²) in [5.41, 5.74) is 5.31. The van der Waals surface area contributed by atoms with Crippen molar-refractivity contribution < 1.29 is 19.4 Å². The number of amides is 2. The molecule has 3 aromatic rings. The maximum Gasteiger partial charge on any atom is 0.273 e. The van der Waals surface area contributed by atoms with E-state index in [-0.39, 0.29) is 25.0 Å². The van der Waals surface area contributed by atoms with Crippen molar-refractivity contribution in [2.24, 2.45) is 7.05 Å². The molecule has 4 rings (SSSR count). The van der Waals surface area contributed by atoms with Gasteiger partial charge in [-0.2, -0.15) is 5.10 Å². The highest BCUT2D eigenvalue weighted by Crippen LogP contribution is 2.31. The zero-order valence-corrected chi connectivity index (χ0v) is 18.9. The first-order chi connectivity index (χ1) is 15.4. The van der Waals surface area contributed by atoms with Crippen molar-refractivity contribution in [1.29, 1.82) is 0 Å². The molecule has 2 atom stereocenters. The maximum absolute atomic E-state index is 12.5. The highest BCUT2D eigenvalue weighted by Gasteiger charge is 2.37. The van der Waals surface area contributed by atoms with E-state index in [2.05, 4.69) is 15.4 Å². The maximum atomic E-state index is 12.5. The predicted octanol–water partition coefficient (Wildman–Crippen LogP) is 2.21. The Morgan fingerprint density at radius 3 is 2.66 bits per heavy atom. The Balaban J connectivity index is 1.49. The monoisotopic (exact) mass is 455 g/mol. The van der Waals surface area contributed by atoms with E-state index in [1.54, 1.807) is 35.7 Å². The summed E-state index contributed by atoms with van der Waals surface area (Å²) in [6.07, 6.45) is -0.476. The van der Waals surface area contributed by atoms with E-state index in [4.69, 9.17) is 4.74 Å². The Morgan fingerprint density at radius 1 is 1.31 bits per heavy atom. The van der Waals surface area contributed by atoms with Gasteiger partial charge in [-0.15, -0.1) is 11.3 Å². The lowest BCUT2D eigenvalue weighted by atomic mass is 9.99. The van der Waals surface area contributed by atoms with Crippen LogP contribution in [-0.2, 0) is 23.1 Å². The minimum atomic E-state index is -0.518. The standard InChI is InChI=1S/C22H25N5O4S/c1-13-8-17(26(3)25-13)22(30)24-16-6-4-15(5-7-16)21-18(10-28)27(20(29)11-31-21)9-19-14(2)23-12-32-19/h4-8,12,18,21,28H,9-11H2,1-3H3,(H,24,30)/t18-,21-/m1/s1. The summed E-state index contributed by atoms with van der Waals surface area (Å²) in [6.45, 7) is 3.84. The molecular weight excluding hydrogens is 430 g/mol. The molecule has 10 heteroatoms. The zero-order chi connectivity index (χ0) is 22.8. The van der Waals surface area contributed by atoms with Gasteiger partial charge in [-0.1, -0.05) is 12.1 Å². The molecule has 168 valence electrons. The number of hydrogen-bond acceptors (Lipinski definition) is 7. The van der Waals surface area contributed by atoms with Crippen molar-refractivity contribution in [3.05, 3.63) is 63.4 Å².